The first kappa shape index (κ1) is 22.2. The Morgan fingerprint density at radius 3 is 2.62 bits per heavy atom. The van der Waals surface area contributed by atoms with E-state index in [0.717, 1.165) is 5.39 Å². The van der Waals surface area contributed by atoms with E-state index >= 15 is 0 Å². The van der Waals surface area contributed by atoms with Gasteiger partial charge in [0.2, 0.25) is 5.82 Å². The second-order valence-corrected chi connectivity index (χ2v) is 8.46. The molecule has 0 aliphatic heterocycles. The van der Waals surface area contributed by atoms with Gasteiger partial charge >= 0.3 is 0 Å². The highest BCUT2D eigenvalue weighted by atomic mass is 79.9. The van der Waals surface area contributed by atoms with Gasteiger partial charge in [0.1, 0.15) is 10.6 Å². The van der Waals surface area contributed by atoms with Crippen LogP contribution in [0, 0.1) is 0 Å². The SMILES string of the molecule is COc1cc(C=Nn2c(-c3cc4ccccc4o3)nc3ccccc3c2=O)c(Br)c(Cl)c1OC. The number of aromatic nitrogens is 2. The van der Waals surface area contributed by atoms with Gasteiger partial charge in [-0.3, -0.25) is 4.79 Å². The number of hydrogen-bond donors (Lipinski definition) is 0. The van der Waals surface area contributed by atoms with E-state index in [4.69, 9.17) is 25.5 Å². The molecule has 34 heavy (non-hydrogen) atoms. The number of ether oxygens (including phenoxy) is 2. The third-order valence-electron chi connectivity index (χ3n) is 5.29. The van der Waals surface area contributed by atoms with E-state index in [1.165, 1.54) is 25.1 Å². The van der Waals surface area contributed by atoms with E-state index < -0.39 is 0 Å². The van der Waals surface area contributed by atoms with E-state index in [2.05, 4.69) is 26.0 Å². The topological polar surface area (TPSA) is 78.9 Å². The Balaban J connectivity index is 1.73. The molecule has 7 nitrogen and oxygen atoms in total. The lowest BCUT2D eigenvalue weighted by Gasteiger charge is -2.12. The maximum atomic E-state index is 13.4. The van der Waals surface area contributed by atoms with Crippen molar-refractivity contribution < 1.29 is 13.9 Å². The van der Waals surface area contributed by atoms with Crippen molar-refractivity contribution in [3.63, 3.8) is 0 Å². The summed E-state index contributed by atoms with van der Waals surface area (Å²) in [5.41, 5.74) is 1.48. The molecule has 170 valence electrons. The Labute approximate surface area is 207 Å². The quantitative estimate of drug-likeness (QED) is 0.252. The van der Waals surface area contributed by atoms with Gasteiger partial charge in [-0.25, -0.2) is 4.98 Å². The van der Waals surface area contributed by atoms with Gasteiger partial charge in [-0.2, -0.15) is 9.78 Å². The maximum Gasteiger partial charge on any atom is 0.282 e. The van der Waals surface area contributed by atoms with Crippen molar-refractivity contribution in [2.75, 3.05) is 14.2 Å². The van der Waals surface area contributed by atoms with Gasteiger partial charge in [-0.1, -0.05) is 41.9 Å². The summed E-state index contributed by atoms with van der Waals surface area (Å²) in [6, 6.07) is 18.2. The predicted octanol–water partition coefficient (Wildman–Crippen LogP) is 6.13. The summed E-state index contributed by atoms with van der Waals surface area (Å²) in [4.78, 5) is 18.1. The van der Waals surface area contributed by atoms with E-state index in [9.17, 15) is 4.79 Å². The molecule has 5 aromatic rings. The fourth-order valence-electron chi connectivity index (χ4n) is 3.64. The van der Waals surface area contributed by atoms with Gasteiger partial charge in [0.15, 0.2) is 17.3 Å². The molecule has 0 unspecified atom stereocenters. The molecule has 0 saturated carbocycles. The van der Waals surface area contributed by atoms with E-state index in [-0.39, 0.29) is 11.4 Å². The van der Waals surface area contributed by atoms with Crippen LogP contribution in [0.15, 0.2) is 79.4 Å². The lowest BCUT2D eigenvalue weighted by Crippen LogP contribution is -2.20. The summed E-state index contributed by atoms with van der Waals surface area (Å²) in [6.45, 7) is 0. The number of methoxy groups -OCH3 is 2. The van der Waals surface area contributed by atoms with Gasteiger partial charge in [0, 0.05) is 15.4 Å². The number of benzene rings is 3. The number of halogens is 2. The summed E-state index contributed by atoms with van der Waals surface area (Å²) in [5, 5.41) is 6.13. The second-order valence-electron chi connectivity index (χ2n) is 7.29. The van der Waals surface area contributed by atoms with Gasteiger partial charge in [-0.05, 0) is 46.3 Å². The van der Waals surface area contributed by atoms with E-state index in [0.29, 0.717) is 48.8 Å². The van der Waals surface area contributed by atoms with Crippen LogP contribution in [0.2, 0.25) is 5.02 Å². The summed E-state index contributed by atoms with van der Waals surface area (Å²) < 4.78 is 18.5. The highest BCUT2D eigenvalue weighted by Gasteiger charge is 2.18. The molecule has 5 rings (SSSR count). The maximum absolute atomic E-state index is 13.4. The largest absolute Gasteiger partial charge is 0.493 e. The summed E-state index contributed by atoms with van der Waals surface area (Å²) in [6.07, 6.45) is 1.50. The zero-order chi connectivity index (χ0) is 23.8. The molecule has 0 N–H and O–H groups in total. The molecule has 2 aromatic heterocycles. The fraction of sp³-hybridized carbons (Fsp3) is 0.0800. The molecule has 0 saturated heterocycles. The number of para-hydroxylation sites is 2. The molecule has 0 amide bonds. The second kappa shape index (κ2) is 8.96. The fourth-order valence-corrected chi connectivity index (χ4v) is 4.32. The molecule has 0 atom stereocenters. The van der Waals surface area contributed by atoms with Crippen molar-refractivity contribution in [3.8, 4) is 23.1 Å². The van der Waals surface area contributed by atoms with E-state index in [1.807, 2.05) is 36.4 Å². The highest BCUT2D eigenvalue weighted by Crippen LogP contribution is 2.41. The average Bonchev–Trinajstić information content (AvgIpc) is 3.29. The molecule has 0 aliphatic rings. The molecular formula is C25H17BrClN3O4. The van der Waals surface area contributed by atoms with Crippen molar-refractivity contribution in [1.82, 2.24) is 9.66 Å². The molecule has 0 aliphatic carbocycles. The Kier molecular flexibility index (Phi) is 5.85. The summed E-state index contributed by atoms with van der Waals surface area (Å²) in [7, 11) is 3.02. The number of nitrogens with zero attached hydrogens (tertiary/aromatic N) is 3. The van der Waals surface area contributed by atoms with Gasteiger partial charge < -0.3 is 13.9 Å². The first-order valence-corrected chi connectivity index (χ1v) is 11.3. The lowest BCUT2D eigenvalue weighted by atomic mass is 10.2. The van der Waals surface area contributed by atoms with Crippen molar-refractivity contribution in [2.24, 2.45) is 5.10 Å². The molecular weight excluding hydrogens is 522 g/mol. The van der Waals surface area contributed by atoms with Crippen LogP contribution >= 0.6 is 27.5 Å². The van der Waals surface area contributed by atoms with Crippen LogP contribution < -0.4 is 15.0 Å². The molecule has 3 aromatic carbocycles. The normalized spacial score (nSPS) is 11.5. The zero-order valence-electron chi connectivity index (χ0n) is 18.1. The Morgan fingerprint density at radius 1 is 1.09 bits per heavy atom. The van der Waals surface area contributed by atoms with Crippen molar-refractivity contribution in [3.05, 3.63) is 86.1 Å². The lowest BCUT2D eigenvalue weighted by molar-refractivity contribution is 0.355. The number of hydrogen-bond acceptors (Lipinski definition) is 6. The Bertz CT molecular complexity index is 1610. The van der Waals surface area contributed by atoms with Gasteiger partial charge in [-0.15, -0.1) is 0 Å². The van der Waals surface area contributed by atoms with Crippen LogP contribution in [0.1, 0.15) is 5.56 Å². The average molecular weight is 539 g/mol. The predicted molar refractivity (Wildman–Crippen MR) is 136 cm³/mol. The number of rotatable bonds is 5. The monoisotopic (exact) mass is 537 g/mol. The summed E-state index contributed by atoms with van der Waals surface area (Å²) >= 11 is 9.91. The van der Waals surface area contributed by atoms with Crippen LogP contribution in [0.3, 0.4) is 0 Å². The number of fused-ring (bicyclic) bond motifs is 2. The van der Waals surface area contributed by atoms with E-state index in [1.54, 1.807) is 24.3 Å². The van der Waals surface area contributed by atoms with Crippen molar-refractivity contribution in [1.29, 1.82) is 0 Å². The van der Waals surface area contributed by atoms with Gasteiger partial charge in [0.25, 0.3) is 5.56 Å². The molecule has 0 bridgehead atoms. The number of furan rings is 1. The van der Waals surface area contributed by atoms with Crippen molar-refractivity contribution >= 4 is 55.6 Å². The minimum Gasteiger partial charge on any atom is -0.493 e. The Morgan fingerprint density at radius 2 is 1.85 bits per heavy atom. The highest BCUT2D eigenvalue weighted by molar-refractivity contribution is 9.10. The molecule has 2 heterocycles. The first-order valence-electron chi connectivity index (χ1n) is 10.2. The molecule has 0 radical (unpaired) electrons. The van der Waals surface area contributed by atoms with Crippen LogP contribution in [0.5, 0.6) is 11.5 Å². The Hall–Kier alpha value is -3.62. The van der Waals surface area contributed by atoms with Crippen LogP contribution in [0.4, 0.5) is 0 Å². The van der Waals surface area contributed by atoms with Crippen molar-refractivity contribution in [2.45, 2.75) is 0 Å². The molecule has 0 fully saturated rings. The van der Waals surface area contributed by atoms with Crippen LogP contribution in [0.25, 0.3) is 33.5 Å². The standard InChI is InChI=1S/C25H17BrClN3O4/c1-32-19-12-15(21(26)22(27)23(19)33-2)13-28-30-24(20-11-14-7-3-6-10-18(14)34-20)29-17-9-5-4-8-16(17)25(30)31/h3-13H,1-2H3. The first-order chi connectivity index (χ1) is 16.5. The molecule has 0 spiro atoms. The van der Waals surface area contributed by atoms with Crippen LogP contribution in [-0.2, 0) is 0 Å². The minimum absolute atomic E-state index is 0.277. The van der Waals surface area contributed by atoms with Gasteiger partial charge in [0.05, 0.1) is 31.3 Å². The third kappa shape index (κ3) is 3.74. The molecule has 9 heteroatoms. The zero-order valence-corrected chi connectivity index (χ0v) is 20.4. The van der Waals surface area contributed by atoms with Crippen LogP contribution in [-0.4, -0.2) is 30.1 Å². The smallest absolute Gasteiger partial charge is 0.282 e. The minimum atomic E-state index is -0.333. The third-order valence-corrected chi connectivity index (χ3v) is 6.74. The summed E-state index contributed by atoms with van der Waals surface area (Å²) in [5.74, 6) is 1.52.